The third-order valence-corrected chi connectivity index (χ3v) is 6.71. The number of rotatable bonds is 5. The van der Waals surface area contributed by atoms with Crippen molar-refractivity contribution in [2.75, 3.05) is 32.8 Å². The highest BCUT2D eigenvalue weighted by molar-refractivity contribution is 5.99. The van der Waals surface area contributed by atoms with Gasteiger partial charge in [0.1, 0.15) is 0 Å². The summed E-state index contributed by atoms with van der Waals surface area (Å²) >= 11 is 0. The van der Waals surface area contributed by atoms with Gasteiger partial charge in [-0.05, 0) is 59.8 Å². The average Bonchev–Trinajstić information content (AvgIpc) is 3.40. The lowest BCUT2D eigenvalue weighted by atomic mass is 9.93. The highest BCUT2D eigenvalue weighted by atomic mass is 16.6. The maximum Gasteiger partial charge on any atom is 0.409 e. The number of H-pyrrole nitrogens is 1. The minimum atomic E-state index is -0.986. The first-order chi connectivity index (χ1) is 18.5. The van der Waals surface area contributed by atoms with Gasteiger partial charge < -0.3 is 19.7 Å². The van der Waals surface area contributed by atoms with Gasteiger partial charge in [-0.1, -0.05) is 42.2 Å². The zero-order valence-electron chi connectivity index (χ0n) is 21.2. The number of fused-ring (bicyclic) bond motifs is 1. The Kier molecular flexibility index (Phi) is 7.43. The summed E-state index contributed by atoms with van der Waals surface area (Å²) in [6.07, 6.45) is 1.62. The molecule has 1 saturated heterocycles. The van der Waals surface area contributed by atoms with Crippen LogP contribution in [0.15, 0.2) is 72.9 Å². The zero-order valence-corrected chi connectivity index (χ0v) is 21.2. The Morgan fingerprint density at radius 2 is 1.79 bits per heavy atom. The predicted octanol–water partition coefficient (Wildman–Crippen LogP) is 5.21. The molecule has 1 aliphatic heterocycles. The summed E-state index contributed by atoms with van der Waals surface area (Å²) in [4.78, 5) is 31.3. The van der Waals surface area contributed by atoms with Crippen LogP contribution >= 0.6 is 0 Å². The summed E-state index contributed by atoms with van der Waals surface area (Å²) in [5, 5.41) is 10.9. The number of nitrogens with zero attached hydrogens (tertiary/aromatic N) is 2. The van der Waals surface area contributed by atoms with Crippen molar-refractivity contribution in [2.24, 2.45) is 0 Å². The van der Waals surface area contributed by atoms with Crippen LogP contribution in [0.4, 0.5) is 4.79 Å². The molecule has 0 unspecified atom stereocenters. The van der Waals surface area contributed by atoms with E-state index < -0.39 is 5.97 Å². The highest BCUT2D eigenvalue weighted by Gasteiger charge is 2.22. The first-order valence-corrected chi connectivity index (χ1v) is 12.7. The Morgan fingerprint density at radius 3 is 2.58 bits per heavy atom. The van der Waals surface area contributed by atoms with E-state index in [0.717, 1.165) is 47.2 Å². The second kappa shape index (κ2) is 11.2. The maximum absolute atomic E-state index is 12.1. The minimum absolute atomic E-state index is 0.221. The molecule has 192 valence electrons. The number of carbonyl (C=O) groups is 2. The molecule has 7 nitrogen and oxygen atoms in total. The molecule has 1 fully saturated rings. The largest absolute Gasteiger partial charge is 0.478 e. The van der Waals surface area contributed by atoms with Crippen LogP contribution in [-0.4, -0.2) is 64.7 Å². The van der Waals surface area contributed by atoms with Crippen LogP contribution in [-0.2, 0) is 11.3 Å². The molecule has 38 heavy (non-hydrogen) atoms. The SMILES string of the molecule is CCOC(=O)N1CCN(Cc2cccc(C#Cc3cccc(C(=O)O)c3-c3ccc4cc[nH]c4c3)c2)CC1. The second-order valence-corrected chi connectivity index (χ2v) is 9.23. The molecule has 5 rings (SSSR count). The average molecular weight is 508 g/mol. The summed E-state index contributed by atoms with van der Waals surface area (Å²) in [6, 6.07) is 21.2. The van der Waals surface area contributed by atoms with Crippen molar-refractivity contribution in [1.29, 1.82) is 0 Å². The second-order valence-electron chi connectivity index (χ2n) is 9.23. The normalized spacial score (nSPS) is 13.7. The smallest absolute Gasteiger partial charge is 0.409 e. The third-order valence-electron chi connectivity index (χ3n) is 6.71. The molecule has 4 aromatic rings. The van der Waals surface area contributed by atoms with E-state index in [1.807, 2.05) is 55.6 Å². The molecule has 1 aliphatic rings. The molecule has 7 heteroatoms. The van der Waals surface area contributed by atoms with E-state index in [1.165, 1.54) is 0 Å². The van der Waals surface area contributed by atoms with Crippen molar-refractivity contribution < 1.29 is 19.4 Å². The molecular weight excluding hydrogens is 478 g/mol. The first-order valence-electron chi connectivity index (χ1n) is 12.7. The van der Waals surface area contributed by atoms with Crippen LogP contribution < -0.4 is 0 Å². The van der Waals surface area contributed by atoms with E-state index >= 15 is 0 Å². The molecular formula is C31H29N3O4. The van der Waals surface area contributed by atoms with E-state index in [2.05, 4.69) is 33.9 Å². The number of aromatic carboxylic acids is 1. The number of aromatic nitrogens is 1. The number of piperazine rings is 1. The van der Waals surface area contributed by atoms with Crippen LogP contribution in [0.5, 0.6) is 0 Å². The molecule has 1 amide bonds. The van der Waals surface area contributed by atoms with E-state index in [4.69, 9.17) is 4.74 Å². The first kappa shape index (κ1) is 25.1. The number of amides is 1. The van der Waals surface area contributed by atoms with Crippen molar-refractivity contribution in [3.05, 3.63) is 95.2 Å². The van der Waals surface area contributed by atoms with Crippen molar-refractivity contribution >= 4 is 23.0 Å². The van der Waals surface area contributed by atoms with Gasteiger partial charge in [0.2, 0.25) is 0 Å². The highest BCUT2D eigenvalue weighted by Crippen LogP contribution is 2.30. The summed E-state index contributed by atoms with van der Waals surface area (Å²) in [5.41, 5.74) is 5.24. The standard InChI is InChI=1S/C31H29N3O4/c1-2-38-31(37)34-17-15-33(16-18-34)21-23-6-3-5-22(19-23)9-10-25-7-4-8-27(30(35)36)29(25)26-12-11-24-13-14-32-28(24)20-26/h3-8,11-14,19-20,32H,2,15-18,21H2,1H3,(H,35,36). The molecule has 0 atom stereocenters. The quantitative estimate of drug-likeness (QED) is 0.363. The molecule has 2 heterocycles. The molecule has 0 bridgehead atoms. The van der Waals surface area contributed by atoms with Gasteiger partial charge in [0, 0.05) is 61.1 Å². The fraction of sp³-hybridized carbons (Fsp3) is 0.226. The van der Waals surface area contributed by atoms with Crippen molar-refractivity contribution in [2.45, 2.75) is 13.5 Å². The Bertz CT molecular complexity index is 1540. The summed E-state index contributed by atoms with van der Waals surface area (Å²) in [7, 11) is 0. The Balaban J connectivity index is 1.37. The lowest BCUT2D eigenvalue weighted by molar-refractivity contribution is 0.0697. The van der Waals surface area contributed by atoms with E-state index in [9.17, 15) is 14.7 Å². The fourth-order valence-corrected chi connectivity index (χ4v) is 4.80. The predicted molar refractivity (Wildman–Crippen MR) is 147 cm³/mol. The number of ether oxygens (including phenoxy) is 1. The van der Waals surface area contributed by atoms with Gasteiger partial charge in [-0.15, -0.1) is 0 Å². The number of carboxylic acid groups (broad SMARTS) is 1. The monoisotopic (exact) mass is 507 g/mol. The molecule has 0 radical (unpaired) electrons. The molecule has 0 aliphatic carbocycles. The van der Waals surface area contributed by atoms with Gasteiger partial charge in [-0.25, -0.2) is 9.59 Å². The van der Waals surface area contributed by atoms with Crippen LogP contribution in [0, 0.1) is 11.8 Å². The number of hydrogen-bond donors (Lipinski definition) is 2. The molecule has 2 N–H and O–H groups in total. The van der Waals surface area contributed by atoms with Gasteiger partial charge in [0.15, 0.2) is 0 Å². The van der Waals surface area contributed by atoms with Gasteiger partial charge >= 0.3 is 12.1 Å². The number of nitrogens with one attached hydrogen (secondary N) is 1. The number of carbonyl (C=O) groups excluding carboxylic acids is 1. The molecule has 1 aromatic heterocycles. The lowest BCUT2D eigenvalue weighted by Gasteiger charge is -2.34. The third kappa shape index (κ3) is 5.56. The van der Waals surface area contributed by atoms with Crippen molar-refractivity contribution in [3.8, 4) is 23.0 Å². The summed E-state index contributed by atoms with van der Waals surface area (Å²) in [5.74, 6) is 5.49. The minimum Gasteiger partial charge on any atom is -0.478 e. The molecule has 3 aromatic carbocycles. The van der Waals surface area contributed by atoms with E-state index in [0.29, 0.717) is 30.8 Å². The fourth-order valence-electron chi connectivity index (χ4n) is 4.80. The number of carboxylic acids is 1. The van der Waals surface area contributed by atoms with E-state index in [1.54, 1.807) is 17.0 Å². The van der Waals surface area contributed by atoms with E-state index in [-0.39, 0.29) is 11.7 Å². The van der Waals surface area contributed by atoms with Crippen molar-refractivity contribution in [3.63, 3.8) is 0 Å². The van der Waals surface area contributed by atoms with Gasteiger partial charge in [-0.3, -0.25) is 4.90 Å². The van der Waals surface area contributed by atoms with Gasteiger partial charge in [0.05, 0.1) is 12.2 Å². The lowest BCUT2D eigenvalue weighted by Crippen LogP contribution is -2.48. The topological polar surface area (TPSA) is 85.9 Å². The molecule has 0 saturated carbocycles. The van der Waals surface area contributed by atoms with Crippen LogP contribution in [0.3, 0.4) is 0 Å². The Morgan fingerprint density at radius 1 is 0.974 bits per heavy atom. The summed E-state index contributed by atoms with van der Waals surface area (Å²) in [6.45, 7) is 5.83. The zero-order chi connectivity index (χ0) is 26.5. The van der Waals surface area contributed by atoms with Crippen LogP contribution in [0.2, 0.25) is 0 Å². The van der Waals surface area contributed by atoms with Crippen molar-refractivity contribution in [1.82, 2.24) is 14.8 Å². The molecule has 0 spiro atoms. The Labute approximate surface area is 221 Å². The number of benzene rings is 3. The number of aromatic amines is 1. The van der Waals surface area contributed by atoms with Gasteiger partial charge in [0.25, 0.3) is 0 Å². The van der Waals surface area contributed by atoms with Crippen LogP contribution in [0.25, 0.3) is 22.0 Å². The van der Waals surface area contributed by atoms with Gasteiger partial charge in [-0.2, -0.15) is 0 Å². The summed E-state index contributed by atoms with van der Waals surface area (Å²) < 4.78 is 5.11. The Hall–Kier alpha value is -4.54. The van der Waals surface area contributed by atoms with Crippen LogP contribution in [0.1, 0.15) is 34.0 Å². The number of hydrogen-bond acceptors (Lipinski definition) is 4. The maximum atomic E-state index is 12.1.